The Bertz CT molecular complexity index is 346. The Kier molecular flexibility index (Phi) is 4.07. The molecule has 3 heteroatoms. The lowest BCUT2D eigenvalue weighted by molar-refractivity contribution is -0.142. The third-order valence-electron chi connectivity index (χ3n) is 5.70. The zero-order chi connectivity index (χ0) is 14.2. The second-order valence-electron chi connectivity index (χ2n) is 7.76. The fourth-order valence-corrected chi connectivity index (χ4v) is 4.89. The van der Waals surface area contributed by atoms with E-state index < -0.39 is 0 Å². The molecule has 2 atom stereocenters. The van der Waals surface area contributed by atoms with Gasteiger partial charge in [-0.05, 0) is 50.5 Å². The molecule has 1 amide bonds. The highest BCUT2D eigenvalue weighted by molar-refractivity contribution is 5.83. The molecule has 2 saturated heterocycles. The predicted molar refractivity (Wildman–Crippen MR) is 81.5 cm³/mol. The van der Waals surface area contributed by atoms with E-state index in [0.717, 1.165) is 38.9 Å². The van der Waals surface area contributed by atoms with Crippen molar-refractivity contribution in [2.45, 2.75) is 64.8 Å². The van der Waals surface area contributed by atoms with E-state index in [-0.39, 0.29) is 5.41 Å². The summed E-state index contributed by atoms with van der Waals surface area (Å²) < 4.78 is 0. The summed E-state index contributed by atoms with van der Waals surface area (Å²) in [5.41, 5.74) is -0.0122. The number of hydrogen-bond donors (Lipinski definition) is 1. The maximum absolute atomic E-state index is 13.1. The van der Waals surface area contributed by atoms with Gasteiger partial charge in [0.2, 0.25) is 5.91 Å². The first kappa shape index (κ1) is 14.4. The predicted octanol–water partition coefficient (Wildman–Crippen LogP) is 2.80. The average Bonchev–Trinajstić information content (AvgIpc) is 3.03. The highest BCUT2D eigenvalue weighted by Gasteiger charge is 2.47. The lowest BCUT2D eigenvalue weighted by Gasteiger charge is -2.34. The lowest BCUT2D eigenvalue weighted by atomic mass is 9.77. The molecule has 2 aliphatic heterocycles. The van der Waals surface area contributed by atoms with Gasteiger partial charge >= 0.3 is 0 Å². The molecule has 0 spiro atoms. The topological polar surface area (TPSA) is 32.3 Å². The van der Waals surface area contributed by atoms with Crippen molar-refractivity contribution in [1.29, 1.82) is 0 Å². The zero-order valence-corrected chi connectivity index (χ0v) is 13.2. The van der Waals surface area contributed by atoms with E-state index >= 15 is 0 Å². The van der Waals surface area contributed by atoms with Crippen LogP contribution in [0.25, 0.3) is 0 Å². The summed E-state index contributed by atoms with van der Waals surface area (Å²) in [4.78, 5) is 15.4. The minimum atomic E-state index is -0.0122. The molecular formula is C17H30N2O. The molecule has 3 aliphatic rings. The van der Waals surface area contributed by atoms with Gasteiger partial charge in [-0.15, -0.1) is 0 Å². The van der Waals surface area contributed by atoms with Crippen LogP contribution in [0.2, 0.25) is 0 Å². The summed E-state index contributed by atoms with van der Waals surface area (Å²) in [5, 5.41) is 3.62. The zero-order valence-electron chi connectivity index (χ0n) is 13.2. The van der Waals surface area contributed by atoms with Crippen molar-refractivity contribution >= 4 is 5.91 Å². The van der Waals surface area contributed by atoms with Gasteiger partial charge in [-0.3, -0.25) is 4.79 Å². The van der Waals surface area contributed by atoms with Crippen molar-refractivity contribution < 1.29 is 4.79 Å². The minimum Gasteiger partial charge on any atom is -0.340 e. The molecule has 114 valence electrons. The molecule has 3 nitrogen and oxygen atoms in total. The number of carbonyl (C=O) groups is 1. The summed E-state index contributed by atoms with van der Waals surface area (Å²) in [5.74, 6) is 1.82. The quantitative estimate of drug-likeness (QED) is 0.861. The third kappa shape index (κ3) is 2.61. The van der Waals surface area contributed by atoms with Crippen LogP contribution >= 0.6 is 0 Å². The number of rotatable bonds is 3. The first-order valence-corrected chi connectivity index (χ1v) is 8.63. The first-order valence-electron chi connectivity index (χ1n) is 8.63. The van der Waals surface area contributed by atoms with Crippen molar-refractivity contribution in [3.8, 4) is 0 Å². The minimum absolute atomic E-state index is 0.0122. The molecule has 20 heavy (non-hydrogen) atoms. The fraction of sp³-hybridized carbons (Fsp3) is 0.941. The molecule has 3 fully saturated rings. The van der Waals surface area contributed by atoms with Gasteiger partial charge in [-0.1, -0.05) is 26.7 Å². The number of amides is 1. The summed E-state index contributed by atoms with van der Waals surface area (Å²) in [6, 6.07) is 0.574. The van der Waals surface area contributed by atoms with Crippen LogP contribution < -0.4 is 5.32 Å². The maximum Gasteiger partial charge on any atom is 0.228 e. The van der Waals surface area contributed by atoms with Gasteiger partial charge in [-0.25, -0.2) is 0 Å². The number of carbonyl (C=O) groups excluding carboxylic acids is 1. The van der Waals surface area contributed by atoms with E-state index in [1.165, 1.54) is 25.7 Å². The molecule has 0 aromatic heterocycles. The van der Waals surface area contributed by atoms with Crippen LogP contribution in [0.5, 0.6) is 0 Å². The van der Waals surface area contributed by atoms with E-state index in [2.05, 4.69) is 24.1 Å². The molecule has 1 N–H and O–H groups in total. The van der Waals surface area contributed by atoms with E-state index in [9.17, 15) is 4.79 Å². The van der Waals surface area contributed by atoms with Crippen LogP contribution in [-0.4, -0.2) is 36.5 Å². The van der Waals surface area contributed by atoms with Gasteiger partial charge in [0.25, 0.3) is 0 Å². The molecule has 3 rings (SSSR count). The van der Waals surface area contributed by atoms with E-state index in [1.54, 1.807) is 0 Å². The molecule has 0 unspecified atom stereocenters. The molecule has 2 heterocycles. The van der Waals surface area contributed by atoms with Gasteiger partial charge in [0, 0.05) is 24.5 Å². The molecule has 0 radical (unpaired) electrons. The number of fused-ring (bicyclic) bond motifs is 1. The normalized spacial score (nSPS) is 32.6. The van der Waals surface area contributed by atoms with Gasteiger partial charge in [0.05, 0.1) is 0 Å². The standard InChI is InChI=1S/C17H30N2O/c1-13(2)10-17(7-3-4-8-17)16(20)19-11-14-6-5-9-18-15(14)12-19/h13-15,18H,3-12H2,1-2H3/t14-,15+/m0/s1. The number of piperidine rings is 1. The van der Waals surface area contributed by atoms with E-state index in [4.69, 9.17) is 0 Å². The molecular weight excluding hydrogens is 248 g/mol. The van der Waals surface area contributed by atoms with Crippen molar-refractivity contribution in [2.24, 2.45) is 17.3 Å². The smallest absolute Gasteiger partial charge is 0.228 e. The summed E-state index contributed by atoms with van der Waals surface area (Å²) in [6.45, 7) is 7.64. The van der Waals surface area contributed by atoms with E-state index in [1.807, 2.05) is 0 Å². The number of likely N-dealkylation sites (tertiary alicyclic amines) is 1. The first-order chi connectivity index (χ1) is 9.61. The Balaban J connectivity index is 1.70. The lowest BCUT2D eigenvalue weighted by Crippen LogP contribution is -2.44. The van der Waals surface area contributed by atoms with Gasteiger partial charge in [0.1, 0.15) is 0 Å². The summed E-state index contributed by atoms with van der Waals surface area (Å²) in [7, 11) is 0. The summed E-state index contributed by atoms with van der Waals surface area (Å²) in [6.07, 6.45) is 8.42. The van der Waals surface area contributed by atoms with Crippen LogP contribution in [0.15, 0.2) is 0 Å². The Morgan fingerprint density at radius 2 is 2.00 bits per heavy atom. The van der Waals surface area contributed by atoms with Crippen LogP contribution in [-0.2, 0) is 4.79 Å². The van der Waals surface area contributed by atoms with Gasteiger partial charge < -0.3 is 10.2 Å². The van der Waals surface area contributed by atoms with E-state index in [0.29, 0.717) is 23.8 Å². The maximum atomic E-state index is 13.1. The summed E-state index contributed by atoms with van der Waals surface area (Å²) >= 11 is 0. The SMILES string of the molecule is CC(C)CC1(C(=O)N2C[C@@H]3CCCN[C@@H]3C2)CCCC1. The molecule has 1 aliphatic carbocycles. The molecule has 0 aromatic carbocycles. The van der Waals surface area contributed by atoms with Crippen LogP contribution in [0.3, 0.4) is 0 Å². The molecule has 0 aromatic rings. The Labute approximate surface area is 123 Å². The van der Waals surface area contributed by atoms with Crippen molar-refractivity contribution in [3.05, 3.63) is 0 Å². The Morgan fingerprint density at radius 1 is 1.25 bits per heavy atom. The monoisotopic (exact) mass is 278 g/mol. The highest BCUT2D eigenvalue weighted by Crippen LogP contribution is 2.45. The third-order valence-corrected chi connectivity index (χ3v) is 5.70. The Morgan fingerprint density at radius 3 is 2.65 bits per heavy atom. The largest absolute Gasteiger partial charge is 0.340 e. The van der Waals surface area contributed by atoms with Crippen LogP contribution in [0, 0.1) is 17.3 Å². The van der Waals surface area contributed by atoms with Gasteiger partial charge in [-0.2, -0.15) is 0 Å². The van der Waals surface area contributed by atoms with Gasteiger partial charge in [0.15, 0.2) is 0 Å². The number of hydrogen-bond acceptors (Lipinski definition) is 2. The molecule has 0 bridgehead atoms. The Hall–Kier alpha value is -0.570. The highest BCUT2D eigenvalue weighted by atomic mass is 16.2. The van der Waals surface area contributed by atoms with Crippen LogP contribution in [0.4, 0.5) is 0 Å². The van der Waals surface area contributed by atoms with Crippen molar-refractivity contribution in [1.82, 2.24) is 10.2 Å². The van der Waals surface area contributed by atoms with Crippen molar-refractivity contribution in [2.75, 3.05) is 19.6 Å². The van der Waals surface area contributed by atoms with Crippen molar-refractivity contribution in [3.63, 3.8) is 0 Å². The second-order valence-corrected chi connectivity index (χ2v) is 7.76. The van der Waals surface area contributed by atoms with Crippen LogP contribution in [0.1, 0.15) is 58.8 Å². The number of nitrogens with zero attached hydrogens (tertiary/aromatic N) is 1. The number of nitrogens with one attached hydrogen (secondary N) is 1. The second kappa shape index (κ2) is 5.67. The molecule has 1 saturated carbocycles. The fourth-order valence-electron chi connectivity index (χ4n) is 4.89. The average molecular weight is 278 g/mol.